The first-order valence-corrected chi connectivity index (χ1v) is 12.5. The zero-order valence-corrected chi connectivity index (χ0v) is 19.7. The molecule has 0 aliphatic carbocycles. The molecule has 1 N–H and O–H groups in total. The van der Waals surface area contributed by atoms with Crippen LogP contribution in [0.25, 0.3) is 6.08 Å². The van der Waals surface area contributed by atoms with E-state index in [1.165, 1.54) is 0 Å². The van der Waals surface area contributed by atoms with E-state index in [0.29, 0.717) is 12.4 Å². The van der Waals surface area contributed by atoms with Crippen molar-refractivity contribution in [3.63, 3.8) is 0 Å². The number of hydrogen-bond acceptors (Lipinski definition) is 3. The normalized spacial score (nSPS) is 12.4. The van der Waals surface area contributed by atoms with E-state index in [0.717, 1.165) is 22.3 Å². The minimum absolute atomic E-state index is 0.0678. The summed E-state index contributed by atoms with van der Waals surface area (Å²) in [6.07, 6.45) is 1.65. The molecule has 0 aliphatic heterocycles. The van der Waals surface area contributed by atoms with Crippen LogP contribution in [-0.4, -0.2) is 14.3 Å². The van der Waals surface area contributed by atoms with Crippen LogP contribution in [0.1, 0.15) is 22.3 Å². The number of aliphatic imine (C=N–C) groups is 1. The molecule has 4 aromatic rings. The fourth-order valence-electron chi connectivity index (χ4n) is 3.40. The second kappa shape index (κ2) is 10.8. The molecule has 34 heavy (non-hydrogen) atoms. The summed E-state index contributed by atoms with van der Waals surface area (Å²) in [5.41, 5.74) is 3.61. The molecule has 4 rings (SSSR count). The molecule has 0 saturated carbocycles. The van der Waals surface area contributed by atoms with E-state index in [-0.39, 0.29) is 9.92 Å². The number of hydrogen-bond donors (Lipinski definition) is 1. The molecule has 0 bridgehead atoms. The Labute approximate surface area is 201 Å². The lowest BCUT2D eigenvalue weighted by Crippen LogP contribution is -2.28. The molecular weight excluding hydrogens is 440 g/mol. The highest BCUT2D eigenvalue weighted by Gasteiger charge is 2.23. The van der Waals surface area contributed by atoms with Crippen LogP contribution in [0.2, 0.25) is 0 Å². The quantitative estimate of drug-likeness (QED) is 0.268. The summed E-state index contributed by atoms with van der Waals surface area (Å²) in [5, 5.41) is 3.23. The SMILES string of the molecule is Cc1ccc(S(=O)(=O)/C(=C/c2ccccc2)NC(=NCc2ccccc2)c2ccccc2)cc1. The molecule has 0 unspecified atom stereocenters. The predicted octanol–water partition coefficient (Wildman–Crippen LogP) is 6.00. The van der Waals surface area contributed by atoms with E-state index in [9.17, 15) is 8.42 Å². The lowest BCUT2D eigenvalue weighted by molar-refractivity contribution is 0.600. The van der Waals surface area contributed by atoms with Gasteiger partial charge in [-0.3, -0.25) is 4.99 Å². The Kier molecular flexibility index (Phi) is 7.35. The molecule has 0 amide bonds. The fourth-order valence-corrected chi connectivity index (χ4v) is 4.67. The van der Waals surface area contributed by atoms with Gasteiger partial charge in [0.2, 0.25) is 9.84 Å². The number of rotatable bonds is 7. The van der Waals surface area contributed by atoms with Gasteiger partial charge < -0.3 is 5.32 Å². The van der Waals surface area contributed by atoms with Crippen LogP contribution in [0.5, 0.6) is 0 Å². The fraction of sp³-hybridized carbons (Fsp3) is 0.0690. The van der Waals surface area contributed by atoms with Gasteiger partial charge in [-0.1, -0.05) is 109 Å². The maximum atomic E-state index is 13.7. The van der Waals surface area contributed by atoms with Crippen molar-refractivity contribution in [1.82, 2.24) is 5.32 Å². The van der Waals surface area contributed by atoms with Crippen molar-refractivity contribution in [3.8, 4) is 0 Å². The molecule has 0 fully saturated rings. The Hall–Kier alpha value is -3.96. The topological polar surface area (TPSA) is 58.5 Å². The monoisotopic (exact) mass is 466 g/mol. The lowest BCUT2D eigenvalue weighted by Gasteiger charge is -2.15. The Morgan fingerprint density at radius 3 is 1.94 bits per heavy atom. The van der Waals surface area contributed by atoms with E-state index in [4.69, 9.17) is 4.99 Å². The smallest absolute Gasteiger partial charge is 0.221 e. The lowest BCUT2D eigenvalue weighted by atomic mass is 10.2. The van der Waals surface area contributed by atoms with Gasteiger partial charge in [0.15, 0.2) is 0 Å². The molecule has 4 nitrogen and oxygen atoms in total. The van der Waals surface area contributed by atoms with Crippen LogP contribution < -0.4 is 5.32 Å². The predicted molar refractivity (Wildman–Crippen MR) is 139 cm³/mol. The van der Waals surface area contributed by atoms with Gasteiger partial charge in [-0.25, -0.2) is 8.42 Å². The van der Waals surface area contributed by atoms with Crippen LogP contribution in [0, 0.1) is 6.92 Å². The van der Waals surface area contributed by atoms with Crippen LogP contribution >= 0.6 is 0 Å². The summed E-state index contributed by atoms with van der Waals surface area (Å²) < 4.78 is 27.4. The van der Waals surface area contributed by atoms with Crippen molar-refractivity contribution in [2.45, 2.75) is 18.4 Å². The average molecular weight is 467 g/mol. The van der Waals surface area contributed by atoms with Crippen LogP contribution in [0.3, 0.4) is 0 Å². The first kappa shape index (κ1) is 23.2. The zero-order chi connectivity index (χ0) is 23.8. The largest absolute Gasteiger partial charge is 0.330 e. The molecular formula is C29H26N2O2S. The number of nitrogens with one attached hydrogen (secondary N) is 1. The van der Waals surface area contributed by atoms with Gasteiger partial charge >= 0.3 is 0 Å². The first-order valence-electron chi connectivity index (χ1n) is 11.0. The molecule has 4 aromatic carbocycles. The first-order chi connectivity index (χ1) is 16.5. The summed E-state index contributed by atoms with van der Waals surface area (Å²) in [6, 6.07) is 35.7. The highest BCUT2D eigenvalue weighted by atomic mass is 32.2. The maximum absolute atomic E-state index is 13.7. The van der Waals surface area contributed by atoms with Gasteiger partial charge in [0.05, 0.1) is 11.4 Å². The number of aryl methyl sites for hydroxylation is 1. The van der Waals surface area contributed by atoms with E-state index >= 15 is 0 Å². The van der Waals surface area contributed by atoms with E-state index < -0.39 is 9.84 Å². The third kappa shape index (κ3) is 5.88. The molecule has 0 spiro atoms. The summed E-state index contributed by atoms with van der Waals surface area (Å²) in [4.78, 5) is 4.99. The molecule has 0 atom stereocenters. The Morgan fingerprint density at radius 2 is 1.32 bits per heavy atom. The Bertz CT molecular complexity index is 1380. The summed E-state index contributed by atoms with van der Waals surface area (Å²) >= 11 is 0. The third-order valence-corrected chi connectivity index (χ3v) is 6.96. The van der Waals surface area contributed by atoms with Crippen LogP contribution in [-0.2, 0) is 16.4 Å². The van der Waals surface area contributed by atoms with Gasteiger partial charge in [-0.15, -0.1) is 0 Å². The van der Waals surface area contributed by atoms with E-state index in [1.807, 2.05) is 97.9 Å². The van der Waals surface area contributed by atoms with Gasteiger partial charge in [-0.05, 0) is 36.3 Å². The van der Waals surface area contributed by atoms with Crippen LogP contribution in [0.15, 0.2) is 130 Å². The van der Waals surface area contributed by atoms with E-state index in [2.05, 4.69) is 5.32 Å². The van der Waals surface area contributed by atoms with Crippen molar-refractivity contribution >= 4 is 21.7 Å². The van der Waals surface area contributed by atoms with Crippen molar-refractivity contribution in [3.05, 3.63) is 143 Å². The molecule has 0 saturated heterocycles. The maximum Gasteiger partial charge on any atom is 0.221 e. The average Bonchev–Trinajstić information content (AvgIpc) is 2.88. The minimum atomic E-state index is -3.83. The molecule has 5 heteroatoms. The van der Waals surface area contributed by atoms with Gasteiger partial charge in [0.25, 0.3) is 0 Å². The van der Waals surface area contributed by atoms with E-state index in [1.54, 1.807) is 30.3 Å². The standard InChI is InChI=1S/C29H26N2O2S/c1-23-17-19-27(20-18-23)34(32,33)28(21-24-11-5-2-6-12-24)31-29(26-15-9-4-10-16-26)30-22-25-13-7-3-8-14-25/h2-21H,22H2,1H3,(H,30,31)/b28-21+. The second-order valence-electron chi connectivity index (χ2n) is 7.88. The minimum Gasteiger partial charge on any atom is -0.330 e. The van der Waals surface area contributed by atoms with Gasteiger partial charge in [0.1, 0.15) is 10.9 Å². The zero-order valence-electron chi connectivity index (χ0n) is 18.9. The second-order valence-corrected chi connectivity index (χ2v) is 9.80. The molecule has 0 radical (unpaired) electrons. The van der Waals surface area contributed by atoms with Crippen molar-refractivity contribution in [2.24, 2.45) is 4.99 Å². The highest BCUT2D eigenvalue weighted by Crippen LogP contribution is 2.21. The van der Waals surface area contributed by atoms with Gasteiger partial charge in [0, 0.05) is 5.56 Å². The van der Waals surface area contributed by atoms with Crippen molar-refractivity contribution in [2.75, 3.05) is 0 Å². The Balaban J connectivity index is 1.79. The molecule has 170 valence electrons. The molecule has 0 aliphatic rings. The summed E-state index contributed by atoms with van der Waals surface area (Å²) in [5.74, 6) is 0.488. The summed E-state index contributed by atoms with van der Waals surface area (Å²) in [7, 11) is -3.83. The third-order valence-electron chi connectivity index (χ3n) is 5.27. The number of amidine groups is 1. The highest BCUT2D eigenvalue weighted by molar-refractivity contribution is 7.95. The molecule has 0 heterocycles. The van der Waals surface area contributed by atoms with Crippen molar-refractivity contribution in [1.29, 1.82) is 0 Å². The van der Waals surface area contributed by atoms with Crippen molar-refractivity contribution < 1.29 is 8.42 Å². The molecule has 0 aromatic heterocycles. The van der Waals surface area contributed by atoms with Crippen LogP contribution in [0.4, 0.5) is 0 Å². The summed E-state index contributed by atoms with van der Waals surface area (Å²) in [6.45, 7) is 2.35. The number of benzene rings is 4. The van der Waals surface area contributed by atoms with Gasteiger partial charge in [-0.2, -0.15) is 0 Å². The Morgan fingerprint density at radius 1 is 0.765 bits per heavy atom. The number of nitrogens with zero attached hydrogens (tertiary/aromatic N) is 1. The number of sulfone groups is 1.